The zero-order valence-electron chi connectivity index (χ0n) is 11.4. The van der Waals surface area contributed by atoms with Gasteiger partial charge in [-0.2, -0.15) is 4.31 Å². The summed E-state index contributed by atoms with van der Waals surface area (Å²) in [6.07, 6.45) is 0. The molecule has 0 radical (unpaired) electrons. The minimum absolute atomic E-state index is 0.141. The van der Waals surface area contributed by atoms with Crippen LogP contribution in [0.15, 0.2) is 21.5 Å². The Morgan fingerprint density at radius 2 is 2.00 bits per heavy atom. The molecular weight excluding hydrogens is 356 g/mol. The monoisotopic (exact) mass is 371 g/mol. The van der Waals surface area contributed by atoms with Crippen molar-refractivity contribution in [3.8, 4) is 0 Å². The third-order valence-electron chi connectivity index (χ3n) is 2.74. The van der Waals surface area contributed by atoms with Crippen molar-refractivity contribution < 1.29 is 21.9 Å². The molecule has 0 amide bonds. The highest BCUT2D eigenvalue weighted by Gasteiger charge is 2.32. The Hall–Kier alpha value is -0.570. The average molecular weight is 372 g/mol. The predicted octanol–water partition coefficient (Wildman–Crippen LogP) is 2.77. The summed E-state index contributed by atoms with van der Waals surface area (Å²) in [5.74, 6) is -1.97. The molecule has 1 aromatic carbocycles. The van der Waals surface area contributed by atoms with Crippen molar-refractivity contribution in [2.24, 2.45) is 0 Å². The second kappa shape index (κ2) is 6.93. The second-order valence-corrected chi connectivity index (χ2v) is 6.89. The summed E-state index contributed by atoms with van der Waals surface area (Å²) in [5.41, 5.74) is 0. The quantitative estimate of drug-likeness (QED) is 0.772. The normalized spacial score (nSPS) is 13.8. The van der Waals surface area contributed by atoms with E-state index in [0.717, 1.165) is 10.4 Å². The number of halogens is 3. The molecule has 20 heavy (non-hydrogen) atoms. The predicted molar refractivity (Wildman–Crippen MR) is 75.0 cm³/mol. The molecule has 0 heterocycles. The molecule has 4 nitrogen and oxygen atoms in total. The van der Waals surface area contributed by atoms with Crippen LogP contribution in [-0.2, 0) is 14.8 Å². The zero-order valence-corrected chi connectivity index (χ0v) is 13.8. The van der Waals surface area contributed by atoms with Crippen LogP contribution in [0.4, 0.5) is 8.78 Å². The van der Waals surface area contributed by atoms with Gasteiger partial charge in [-0.1, -0.05) is 6.92 Å². The number of nitrogens with zero attached hydrogens (tertiary/aromatic N) is 1. The fraction of sp³-hybridized carbons (Fsp3) is 0.500. The van der Waals surface area contributed by atoms with E-state index in [0.29, 0.717) is 6.07 Å². The molecule has 0 saturated carbocycles. The van der Waals surface area contributed by atoms with Crippen LogP contribution < -0.4 is 0 Å². The molecular formula is C12H16BrF2NO3S. The summed E-state index contributed by atoms with van der Waals surface area (Å²) in [6.45, 7) is 3.61. The SMILES string of the molecule is CCN(C(C)COC)S(=O)(=O)c1c(F)cc(F)cc1Br. The molecule has 8 heteroatoms. The number of hydrogen-bond acceptors (Lipinski definition) is 3. The van der Waals surface area contributed by atoms with E-state index < -0.39 is 32.6 Å². The zero-order chi connectivity index (χ0) is 15.5. The van der Waals surface area contributed by atoms with Gasteiger partial charge in [-0.05, 0) is 28.9 Å². The highest BCUT2D eigenvalue weighted by molar-refractivity contribution is 9.10. The van der Waals surface area contributed by atoms with Crippen molar-refractivity contribution in [3.05, 3.63) is 28.2 Å². The molecule has 1 aromatic rings. The lowest BCUT2D eigenvalue weighted by Crippen LogP contribution is -2.41. The summed E-state index contributed by atoms with van der Waals surface area (Å²) >= 11 is 2.90. The minimum atomic E-state index is -4.09. The van der Waals surface area contributed by atoms with Crippen molar-refractivity contribution in [2.75, 3.05) is 20.3 Å². The number of likely N-dealkylation sites (N-methyl/N-ethyl adjacent to an activating group) is 1. The Bertz CT molecular complexity index is 557. The van der Waals surface area contributed by atoms with E-state index in [1.54, 1.807) is 13.8 Å². The van der Waals surface area contributed by atoms with Gasteiger partial charge < -0.3 is 4.74 Å². The lowest BCUT2D eigenvalue weighted by molar-refractivity contribution is 0.142. The Morgan fingerprint density at radius 3 is 2.45 bits per heavy atom. The van der Waals surface area contributed by atoms with Crippen LogP contribution in [0.3, 0.4) is 0 Å². The average Bonchev–Trinajstić information content (AvgIpc) is 2.27. The van der Waals surface area contributed by atoms with Gasteiger partial charge >= 0.3 is 0 Å². The van der Waals surface area contributed by atoms with E-state index in [4.69, 9.17) is 4.74 Å². The molecule has 0 aromatic heterocycles. The van der Waals surface area contributed by atoms with E-state index >= 15 is 0 Å². The standard InChI is InChI=1S/C12H16BrF2NO3S/c1-4-16(8(2)7-19-3)20(17,18)12-10(13)5-9(14)6-11(12)15/h5-6,8H,4,7H2,1-3H3. The van der Waals surface area contributed by atoms with Crippen molar-refractivity contribution in [2.45, 2.75) is 24.8 Å². The fourth-order valence-corrected chi connectivity index (χ4v) is 4.68. The summed E-state index contributed by atoms with van der Waals surface area (Å²) in [5, 5.41) is 0. The van der Waals surface area contributed by atoms with Gasteiger partial charge in [0.05, 0.1) is 6.61 Å². The molecule has 0 fully saturated rings. The summed E-state index contributed by atoms with van der Waals surface area (Å²) in [7, 11) is -2.64. The Kier molecular flexibility index (Phi) is 6.06. The van der Waals surface area contributed by atoms with Gasteiger partial charge in [0.1, 0.15) is 16.5 Å². The van der Waals surface area contributed by atoms with Gasteiger partial charge in [0.25, 0.3) is 0 Å². The van der Waals surface area contributed by atoms with Crippen LogP contribution in [-0.4, -0.2) is 39.0 Å². The molecule has 0 N–H and O–H groups in total. The molecule has 1 unspecified atom stereocenters. The van der Waals surface area contributed by atoms with Gasteiger partial charge in [-0.25, -0.2) is 17.2 Å². The highest BCUT2D eigenvalue weighted by Crippen LogP contribution is 2.29. The van der Waals surface area contributed by atoms with E-state index in [1.807, 2.05) is 0 Å². The number of rotatable bonds is 6. The number of ether oxygens (including phenoxy) is 1. The molecule has 0 aliphatic heterocycles. The summed E-state index contributed by atoms with van der Waals surface area (Å²) in [6, 6.07) is 1.00. The highest BCUT2D eigenvalue weighted by atomic mass is 79.9. The Labute approximate surface area is 125 Å². The lowest BCUT2D eigenvalue weighted by atomic mass is 10.3. The van der Waals surface area contributed by atoms with Gasteiger partial charge in [-0.3, -0.25) is 0 Å². The van der Waals surface area contributed by atoms with Crippen molar-refractivity contribution in [3.63, 3.8) is 0 Å². The first-order valence-corrected chi connectivity index (χ1v) is 8.14. The topological polar surface area (TPSA) is 46.6 Å². The third-order valence-corrected chi connectivity index (χ3v) is 5.80. The van der Waals surface area contributed by atoms with E-state index in [2.05, 4.69) is 15.9 Å². The lowest BCUT2D eigenvalue weighted by Gasteiger charge is -2.27. The number of hydrogen-bond donors (Lipinski definition) is 0. The van der Waals surface area contributed by atoms with E-state index in [1.165, 1.54) is 7.11 Å². The van der Waals surface area contributed by atoms with Crippen LogP contribution in [0.5, 0.6) is 0 Å². The largest absolute Gasteiger partial charge is 0.383 e. The van der Waals surface area contributed by atoms with Crippen LogP contribution in [0, 0.1) is 11.6 Å². The molecule has 0 saturated heterocycles. The van der Waals surface area contributed by atoms with Crippen LogP contribution in [0.25, 0.3) is 0 Å². The maximum absolute atomic E-state index is 13.8. The number of sulfonamides is 1. The second-order valence-electron chi connectivity index (χ2n) is 4.21. The van der Waals surface area contributed by atoms with Gasteiger partial charge in [-0.15, -0.1) is 0 Å². The number of methoxy groups -OCH3 is 1. The molecule has 0 aliphatic carbocycles. The maximum Gasteiger partial charge on any atom is 0.247 e. The smallest absolute Gasteiger partial charge is 0.247 e. The molecule has 114 valence electrons. The van der Waals surface area contributed by atoms with Crippen molar-refractivity contribution >= 4 is 26.0 Å². The van der Waals surface area contributed by atoms with Crippen molar-refractivity contribution in [1.29, 1.82) is 0 Å². The van der Waals surface area contributed by atoms with E-state index in [9.17, 15) is 17.2 Å². The summed E-state index contributed by atoms with van der Waals surface area (Å²) < 4.78 is 57.8. The molecule has 0 aliphatic rings. The van der Waals surface area contributed by atoms with Gasteiger partial charge in [0.15, 0.2) is 0 Å². The first-order chi connectivity index (χ1) is 9.25. The Morgan fingerprint density at radius 1 is 1.40 bits per heavy atom. The van der Waals surface area contributed by atoms with Crippen LogP contribution >= 0.6 is 15.9 Å². The molecule has 1 atom stereocenters. The van der Waals surface area contributed by atoms with Crippen LogP contribution in [0.2, 0.25) is 0 Å². The fourth-order valence-electron chi connectivity index (χ4n) is 1.94. The first kappa shape index (κ1) is 17.5. The van der Waals surface area contributed by atoms with Gasteiger partial charge in [0, 0.05) is 30.2 Å². The molecule has 0 bridgehead atoms. The maximum atomic E-state index is 13.8. The summed E-state index contributed by atoms with van der Waals surface area (Å²) in [4.78, 5) is -0.566. The third kappa shape index (κ3) is 3.55. The Balaban J connectivity index is 3.35. The number of benzene rings is 1. The minimum Gasteiger partial charge on any atom is -0.383 e. The van der Waals surface area contributed by atoms with Crippen molar-refractivity contribution in [1.82, 2.24) is 4.31 Å². The molecule has 0 spiro atoms. The van der Waals surface area contributed by atoms with Gasteiger partial charge in [0.2, 0.25) is 10.0 Å². The van der Waals surface area contributed by atoms with Crippen LogP contribution in [0.1, 0.15) is 13.8 Å². The molecule has 1 rings (SSSR count). The van der Waals surface area contributed by atoms with E-state index in [-0.39, 0.29) is 17.6 Å². The first-order valence-electron chi connectivity index (χ1n) is 5.91.